The molecule has 0 radical (unpaired) electrons. The highest BCUT2D eigenvalue weighted by molar-refractivity contribution is 5.93. The Hall–Kier alpha value is -2.83. The number of rotatable bonds is 4. The van der Waals surface area contributed by atoms with E-state index in [0.717, 1.165) is 13.2 Å². The van der Waals surface area contributed by atoms with Crippen molar-refractivity contribution in [2.75, 3.05) is 14.2 Å². The third kappa shape index (κ3) is 3.40. The number of esters is 1. The predicted molar refractivity (Wildman–Crippen MR) is 80.2 cm³/mol. The molecule has 0 unspecified atom stereocenters. The van der Waals surface area contributed by atoms with E-state index in [4.69, 9.17) is 4.74 Å². The van der Waals surface area contributed by atoms with Gasteiger partial charge in [-0.15, -0.1) is 0 Å². The van der Waals surface area contributed by atoms with Gasteiger partial charge in [-0.1, -0.05) is 12.1 Å². The minimum Gasteiger partial charge on any atom is -0.495 e. The Balaban J connectivity index is 2.75. The molecule has 24 heavy (non-hydrogen) atoms. The van der Waals surface area contributed by atoms with Crippen LogP contribution in [0.2, 0.25) is 0 Å². The van der Waals surface area contributed by atoms with E-state index >= 15 is 0 Å². The minimum absolute atomic E-state index is 0.0887. The van der Waals surface area contributed by atoms with E-state index in [1.165, 1.54) is 31.4 Å². The van der Waals surface area contributed by atoms with Crippen LogP contribution in [-0.2, 0) is 10.9 Å². The predicted octanol–water partition coefficient (Wildman–Crippen LogP) is 3.98. The topological polar surface area (TPSA) is 52.6 Å². The van der Waals surface area contributed by atoms with Crippen molar-refractivity contribution in [2.45, 2.75) is 6.18 Å². The summed E-state index contributed by atoms with van der Waals surface area (Å²) in [7, 11) is 2.39. The van der Waals surface area contributed by atoms with Crippen LogP contribution in [0.15, 0.2) is 36.4 Å². The van der Waals surface area contributed by atoms with Gasteiger partial charge < -0.3 is 9.47 Å². The van der Waals surface area contributed by atoms with Gasteiger partial charge in [0.15, 0.2) is 6.29 Å². The zero-order valence-corrected chi connectivity index (χ0v) is 12.8. The van der Waals surface area contributed by atoms with Crippen molar-refractivity contribution in [3.8, 4) is 16.9 Å². The van der Waals surface area contributed by atoms with Gasteiger partial charge in [-0.3, -0.25) is 4.79 Å². The molecule has 126 valence electrons. The molecule has 0 heterocycles. The van der Waals surface area contributed by atoms with Gasteiger partial charge in [0.2, 0.25) is 0 Å². The van der Waals surface area contributed by atoms with Crippen LogP contribution in [0.1, 0.15) is 26.3 Å². The van der Waals surface area contributed by atoms with Crippen LogP contribution >= 0.6 is 0 Å². The minimum atomic E-state index is -4.64. The number of carbonyl (C=O) groups excluding carboxylic acids is 2. The van der Waals surface area contributed by atoms with Crippen molar-refractivity contribution in [2.24, 2.45) is 0 Å². The second kappa shape index (κ2) is 6.74. The second-order valence-corrected chi connectivity index (χ2v) is 4.83. The highest BCUT2D eigenvalue weighted by atomic mass is 19.4. The van der Waals surface area contributed by atoms with Crippen molar-refractivity contribution in [1.29, 1.82) is 0 Å². The van der Waals surface area contributed by atoms with Crippen LogP contribution in [0.4, 0.5) is 13.2 Å². The molecule has 0 atom stereocenters. The fourth-order valence-corrected chi connectivity index (χ4v) is 2.29. The molecular formula is C17H13F3O4. The Labute approximate surface area is 135 Å². The molecule has 0 aliphatic heterocycles. The van der Waals surface area contributed by atoms with Gasteiger partial charge in [-0.05, 0) is 29.8 Å². The quantitative estimate of drug-likeness (QED) is 0.625. The molecule has 0 saturated carbocycles. The fourth-order valence-electron chi connectivity index (χ4n) is 2.29. The van der Waals surface area contributed by atoms with E-state index in [0.29, 0.717) is 12.4 Å². The smallest absolute Gasteiger partial charge is 0.416 e. The molecule has 0 spiro atoms. The summed E-state index contributed by atoms with van der Waals surface area (Å²) in [5, 5.41) is 0. The van der Waals surface area contributed by atoms with E-state index in [1.54, 1.807) is 0 Å². The Kier molecular flexibility index (Phi) is 4.92. The summed E-state index contributed by atoms with van der Waals surface area (Å²) >= 11 is 0. The SMILES string of the molecule is COC(=O)c1cc(-c2cccc(C=O)c2OC)cc(C(F)(F)F)c1. The van der Waals surface area contributed by atoms with Crippen LogP contribution in [0.25, 0.3) is 11.1 Å². The third-order valence-electron chi connectivity index (χ3n) is 3.37. The van der Waals surface area contributed by atoms with Gasteiger partial charge in [0, 0.05) is 5.56 Å². The number of ether oxygens (including phenoxy) is 2. The molecule has 2 aromatic carbocycles. The van der Waals surface area contributed by atoms with Crippen LogP contribution in [0.5, 0.6) is 5.75 Å². The summed E-state index contributed by atoms with van der Waals surface area (Å²) in [5.74, 6) is -0.768. The number of benzene rings is 2. The number of methoxy groups -OCH3 is 2. The summed E-state index contributed by atoms with van der Waals surface area (Å²) < 4.78 is 49.0. The molecule has 0 aliphatic rings. The molecular weight excluding hydrogens is 325 g/mol. The summed E-state index contributed by atoms with van der Waals surface area (Å²) in [6.45, 7) is 0. The van der Waals surface area contributed by atoms with E-state index < -0.39 is 17.7 Å². The number of alkyl halides is 3. The Morgan fingerprint density at radius 3 is 2.38 bits per heavy atom. The highest BCUT2D eigenvalue weighted by Crippen LogP contribution is 2.37. The van der Waals surface area contributed by atoms with Gasteiger partial charge in [-0.2, -0.15) is 13.2 Å². The number of aldehydes is 1. The average Bonchev–Trinajstić information content (AvgIpc) is 2.58. The normalized spacial score (nSPS) is 11.0. The van der Waals surface area contributed by atoms with E-state index in [1.807, 2.05) is 0 Å². The van der Waals surface area contributed by atoms with Crippen molar-refractivity contribution in [1.82, 2.24) is 0 Å². The van der Waals surface area contributed by atoms with E-state index in [9.17, 15) is 22.8 Å². The molecule has 0 bridgehead atoms. The standard InChI is InChI=1S/C17H13F3O4/c1-23-15-10(9-21)4-3-5-14(15)11-6-12(16(22)24-2)8-13(7-11)17(18,19)20/h3-9H,1-2H3. The summed E-state index contributed by atoms with van der Waals surface area (Å²) in [6, 6.07) is 7.35. The van der Waals surface area contributed by atoms with Gasteiger partial charge in [0.25, 0.3) is 0 Å². The first-order valence-corrected chi connectivity index (χ1v) is 6.75. The summed E-state index contributed by atoms with van der Waals surface area (Å²) in [5.41, 5.74) is -0.712. The van der Waals surface area contributed by atoms with Crippen molar-refractivity contribution < 1.29 is 32.2 Å². The van der Waals surface area contributed by atoms with E-state index in [-0.39, 0.29) is 28.0 Å². The van der Waals surface area contributed by atoms with Gasteiger partial charge >= 0.3 is 12.1 Å². The maximum absolute atomic E-state index is 13.1. The fraction of sp³-hybridized carbons (Fsp3) is 0.176. The first-order chi connectivity index (χ1) is 11.3. The van der Waals surface area contributed by atoms with Crippen LogP contribution in [0, 0.1) is 0 Å². The molecule has 2 aromatic rings. The molecule has 0 amide bonds. The number of hydrogen-bond donors (Lipinski definition) is 0. The monoisotopic (exact) mass is 338 g/mol. The summed E-state index contributed by atoms with van der Waals surface area (Å²) in [6.07, 6.45) is -4.11. The lowest BCUT2D eigenvalue weighted by atomic mass is 9.97. The van der Waals surface area contributed by atoms with Crippen LogP contribution in [-0.4, -0.2) is 26.5 Å². The lowest BCUT2D eigenvalue weighted by Gasteiger charge is -2.14. The highest BCUT2D eigenvalue weighted by Gasteiger charge is 2.32. The maximum Gasteiger partial charge on any atom is 0.416 e. The molecule has 7 heteroatoms. The third-order valence-corrected chi connectivity index (χ3v) is 3.37. The number of carbonyl (C=O) groups is 2. The van der Waals surface area contributed by atoms with Crippen LogP contribution < -0.4 is 4.74 Å². The Morgan fingerprint density at radius 2 is 1.83 bits per heavy atom. The molecule has 0 saturated heterocycles. The largest absolute Gasteiger partial charge is 0.495 e. The summed E-state index contributed by atoms with van der Waals surface area (Å²) in [4.78, 5) is 22.8. The zero-order chi connectivity index (χ0) is 17.9. The first-order valence-electron chi connectivity index (χ1n) is 6.75. The number of hydrogen-bond acceptors (Lipinski definition) is 4. The molecule has 0 N–H and O–H groups in total. The molecule has 0 aromatic heterocycles. The molecule has 0 fully saturated rings. The molecule has 4 nitrogen and oxygen atoms in total. The first kappa shape index (κ1) is 17.5. The van der Waals surface area contributed by atoms with Crippen LogP contribution in [0.3, 0.4) is 0 Å². The van der Waals surface area contributed by atoms with E-state index in [2.05, 4.69) is 4.74 Å². The average molecular weight is 338 g/mol. The molecule has 2 rings (SSSR count). The lowest BCUT2D eigenvalue weighted by molar-refractivity contribution is -0.137. The second-order valence-electron chi connectivity index (χ2n) is 4.83. The lowest BCUT2D eigenvalue weighted by Crippen LogP contribution is -2.09. The van der Waals surface area contributed by atoms with Crippen molar-refractivity contribution in [3.63, 3.8) is 0 Å². The Morgan fingerprint density at radius 1 is 1.12 bits per heavy atom. The Bertz CT molecular complexity index is 782. The van der Waals surface area contributed by atoms with Crippen molar-refractivity contribution in [3.05, 3.63) is 53.1 Å². The van der Waals surface area contributed by atoms with Gasteiger partial charge in [0.05, 0.1) is 30.9 Å². The van der Waals surface area contributed by atoms with Crippen molar-refractivity contribution >= 4 is 12.3 Å². The molecule has 0 aliphatic carbocycles. The maximum atomic E-state index is 13.1. The van der Waals surface area contributed by atoms with Gasteiger partial charge in [0.1, 0.15) is 5.75 Å². The zero-order valence-electron chi connectivity index (χ0n) is 12.8. The number of halogens is 3. The number of para-hydroxylation sites is 1. The van der Waals surface area contributed by atoms with Gasteiger partial charge in [-0.25, -0.2) is 4.79 Å².